The molecule has 0 aliphatic heterocycles. The lowest BCUT2D eigenvalue weighted by atomic mass is 10.2. The first-order valence-corrected chi connectivity index (χ1v) is 8.51. The Balaban J connectivity index is 2.02. The van der Waals surface area contributed by atoms with Crippen molar-refractivity contribution in [1.29, 1.82) is 0 Å². The van der Waals surface area contributed by atoms with E-state index in [1.54, 1.807) is 42.7 Å². The normalized spacial score (nSPS) is 11.0. The molecule has 0 saturated heterocycles. The van der Waals surface area contributed by atoms with E-state index in [1.165, 1.54) is 16.4 Å². The van der Waals surface area contributed by atoms with E-state index in [-0.39, 0.29) is 32.4 Å². The molecule has 142 valence electrons. The molecule has 0 unspecified atom stereocenters. The number of aromatic nitrogens is 5. The molecule has 3 rings (SSSR count). The van der Waals surface area contributed by atoms with Crippen LogP contribution in [0.15, 0.2) is 52.3 Å². The van der Waals surface area contributed by atoms with Crippen LogP contribution in [-0.4, -0.2) is 44.4 Å². The first kappa shape index (κ1) is 19.0. The van der Waals surface area contributed by atoms with E-state index in [0.29, 0.717) is 5.02 Å². The summed E-state index contributed by atoms with van der Waals surface area (Å²) in [5.41, 5.74) is -0.340. The third kappa shape index (κ3) is 4.51. The van der Waals surface area contributed by atoms with E-state index < -0.39 is 11.4 Å². The van der Waals surface area contributed by atoms with Gasteiger partial charge in [-0.25, -0.2) is 18.8 Å². The van der Waals surface area contributed by atoms with Crippen molar-refractivity contribution in [2.45, 2.75) is 13.1 Å². The van der Waals surface area contributed by atoms with Gasteiger partial charge in [-0.2, -0.15) is 10.1 Å². The average molecular weight is 392 g/mol. The highest BCUT2D eigenvalue weighted by molar-refractivity contribution is 6.30. The smallest absolute Gasteiger partial charge is 0.355 e. The maximum absolute atomic E-state index is 13.0. The fourth-order valence-corrected chi connectivity index (χ4v) is 2.61. The number of ether oxygens (including phenoxy) is 2. The summed E-state index contributed by atoms with van der Waals surface area (Å²) >= 11 is 5.92. The second-order valence-electron chi connectivity index (χ2n) is 5.61. The van der Waals surface area contributed by atoms with Gasteiger partial charge in [0.1, 0.15) is 6.79 Å². The third-order valence-electron chi connectivity index (χ3n) is 3.75. The zero-order valence-electron chi connectivity index (χ0n) is 14.6. The van der Waals surface area contributed by atoms with Gasteiger partial charge in [-0.3, -0.25) is 4.57 Å². The standard InChI is InChI=1S/C17H18ClN5O4/c1-26-12-27-10-9-21-16(24)20-15(23-8-2-7-19-23)22(17(21)25)11-13-3-5-14(18)6-4-13/h2-8H,9-12H2,1H3. The first-order valence-electron chi connectivity index (χ1n) is 8.13. The number of rotatable bonds is 8. The van der Waals surface area contributed by atoms with E-state index in [2.05, 4.69) is 10.1 Å². The topological polar surface area (TPSA) is 93.2 Å². The second kappa shape index (κ2) is 8.76. The SMILES string of the molecule is COCOCCn1c(=O)nc(-n2cccn2)n(Cc2ccc(Cl)cc2)c1=O. The molecule has 2 aromatic heterocycles. The predicted octanol–water partition coefficient (Wildman–Crippen LogP) is 0.913. The molecule has 0 saturated carbocycles. The van der Waals surface area contributed by atoms with Crippen molar-refractivity contribution in [3.63, 3.8) is 0 Å². The van der Waals surface area contributed by atoms with Gasteiger partial charge in [0.15, 0.2) is 0 Å². The summed E-state index contributed by atoms with van der Waals surface area (Å²) in [6.07, 6.45) is 3.16. The van der Waals surface area contributed by atoms with Crippen LogP contribution in [0.1, 0.15) is 5.56 Å². The maximum atomic E-state index is 13.0. The molecule has 0 fully saturated rings. The van der Waals surface area contributed by atoms with Gasteiger partial charge in [-0.05, 0) is 23.8 Å². The van der Waals surface area contributed by atoms with E-state index in [0.717, 1.165) is 10.1 Å². The fraction of sp³-hybridized carbons (Fsp3) is 0.294. The summed E-state index contributed by atoms with van der Waals surface area (Å²) in [7, 11) is 1.49. The lowest BCUT2D eigenvalue weighted by molar-refractivity contribution is -0.0335. The van der Waals surface area contributed by atoms with Gasteiger partial charge in [-0.15, -0.1) is 0 Å². The Hall–Kier alpha value is -2.75. The van der Waals surface area contributed by atoms with Crippen LogP contribution in [0.5, 0.6) is 0 Å². The zero-order chi connectivity index (χ0) is 19.2. The summed E-state index contributed by atoms with van der Waals surface area (Å²) < 4.78 is 13.8. The van der Waals surface area contributed by atoms with Gasteiger partial charge in [0.25, 0.3) is 0 Å². The average Bonchev–Trinajstić information content (AvgIpc) is 3.19. The molecule has 0 atom stereocenters. The Morgan fingerprint density at radius 1 is 1.15 bits per heavy atom. The second-order valence-corrected chi connectivity index (χ2v) is 6.04. The molecule has 0 N–H and O–H groups in total. The highest BCUT2D eigenvalue weighted by Crippen LogP contribution is 2.11. The predicted molar refractivity (Wildman–Crippen MR) is 98.3 cm³/mol. The van der Waals surface area contributed by atoms with E-state index >= 15 is 0 Å². The van der Waals surface area contributed by atoms with Crippen molar-refractivity contribution in [3.05, 3.63) is 74.3 Å². The quantitative estimate of drug-likeness (QED) is 0.418. The van der Waals surface area contributed by atoms with Crippen LogP contribution in [0.3, 0.4) is 0 Å². The summed E-state index contributed by atoms with van der Waals surface area (Å²) in [5.74, 6) is 0.138. The Labute approximate surface area is 159 Å². The largest absolute Gasteiger partial charge is 0.359 e. The molecule has 0 radical (unpaired) electrons. The minimum Gasteiger partial charge on any atom is -0.359 e. The molecule has 0 aliphatic carbocycles. The van der Waals surface area contributed by atoms with Crippen molar-refractivity contribution in [3.8, 4) is 5.95 Å². The van der Waals surface area contributed by atoms with Crippen molar-refractivity contribution < 1.29 is 9.47 Å². The van der Waals surface area contributed by atoms with Crippen LogP contribution in [0.4, 0.5) is 0 Å². The summed E-state index contributed by atoms with van der Waals surface area (Å²) in [4.78, 5) is 29.4. The van der Waals surface area contributed by atoms with Crippen LogP contribution in [0.25, 0.3) is 5.95 Å². The number of hydrogen-bond donors (Lipinski definition) is 0. The highest BCUT2D eigenvalue weighted by atomic mass is 35.5. The number of nitrogens with zero attached hydrogens (tertiary/aromatic N) is 5. The Morgan fingerprint density at radius 3 is 2.59 bits per heavy atom. The molecule has 9 nitrogen and oxygen atoms in total. The van der Waals surface area contributed by atoms with Crippen molar-refractivity contribution in [2.24, 2.45) is 0 Å². The maximum Gasteiger partial charge on any atom is 0.355 e. The van der Waals surface area contributed by atoms with Crippen LogP contribution in [0, 0.1) is 0 Å². The van der Waals surface area contributed by atoms with E-state index in [4.69, 9.17) is 21.1 Å². The Bertz CT molecular complexity index is 996. The van der Waals surface area contributed by atoms with E-state index in [9.17, 15) is 9.59 Å². The van der Waals surface area contributed by atoms with Gasteiger partial charge < -0.3 is 9.47 Å². The molecule has 10 heteroatoms. The van der Waals surface area contributed by atoms with Crippen LogP contribution >= 0.6 is 11.6 Å². The molecule has 3 aromatic rings. The molecule has 0 bridgehead atoms. The molecule has 0 spiro atoms. The summed E-state index contributed by atoms with van der Waals surface area (Å²) in [6.45, 7) is 0.491. The number of benzene rings is 1. The summed E-state index contributed by atoms with van der Waals surface area (Å²) in [6, 6.07) is 8.76. The van der Waals surface area contributed by atoms with Crippen molar-refractivity contribution >= 4 is 11.6 Å². The van der Waals surface area contributed by atoms with Crippen molar-refractivity contribution in [1.82, 2.24) is 23.9 Å². The molecule has 27 heavy (non-hydrogen) atoms. The Morgan fingerprint density at radius 2 is 1.93 bits per heavy atom. The molecule has 0 aliphatic rings. The van der Waals surface area contributed by atoms with Crippen LogP contribution in [0.2, 0.25) is 5.02 Å². The fourth-order valence-electron chi connectivity index (χ4n) is 2.48. The number of hydrogen-bond acceptors (Lipinski definition) is 6. The first-order chi connectivity index (χ1) is 13.1. The minimum atomic E-state index is -0.668. The summed E-state index contributed by atoms with van der Waals surface area (Å²) in [5, 5.41) is 4.68. The minimum absolute atomic E-state index is 0.0635. The highest BCUT2D eigenvalue weighted by Gasteiger charge is 2.15. The van der Waals surface area contributed by atoms with Gasteiger partial charge >= 0.3 is 11.4 Å². The Kier molecular flexibility index (Phi) is 6.17. The number of methoxy groups -OCH3 is 1. The lowest BCUT2D eigenvalue weighted by Crippen LogP contribution is -2.44. The molecule has 1 aromatic carbocycles. The van der Waals surface area contributed by atoms with Crippen LogP contribution in [-0.2, 0) is 22.6 Å². The molecular formula is C17H18ClN5O4. The van der Waals surface area contributed by atoms with Gasteiger partial charge in [0.2, 0.25) is 5.95 Å². The van der Waals surface area contributed by atoms with Gasteiger partial charge in [-0.1, -0.05) is 23.7 Å². The molecule has 2 heterocycles. The third-order valence-corrected chi connectivity index (χ3v) is 4.01. The van der Waals surface area contributed by atoms with Gasteiger partial charge in [0.05, 0.1) is 19.7 Å². The number of halogens is 1. The zero-order valence-corrected chi connectivity index (χ0v) is 15.4. The van der Waals surface area contributed by atoms with Gasteiger partial charge in [0, 0.05) is 24.5 Å². The van der Waals surface area contributed by atoms with Crippen molar-refractivity contribution in [2.75, 3.05) is 20.5 Å². The molecule has 0 amide bonds. The molecular weight excluding hydrogens is 374 g/mol. The van der Waals surface area contributed by atoms with E-state index in [1.807, 2.05) is 0 Å². The lowest BCUT2D eigenvalue weighted by Gasteiger charge is -2.14. The monoisotopic (exact) mass is 391 g/mol. The van der Waals surface area contributed by atoms with Crippen LogP contribution < -0.4 is 11.4 Å².